The molecule has 0 aliphatic heterocycles. The predicted octanol–water partition coefficient (Wildman–Crippen LogP) is 0.718. The van der Waals surface area contributed by atoms with Crippen LogP contribution in [0.15, 0.2) is 20.7 Å². The van der Waals surface area contributed by atoms with Gasteiger partial charge in [-0.3, -0.25) is 9.59 Å². The van der Waals surface area contributed by atoms with E-state index in [1.807, 2.05) is 13.8 Å². The minimum absolute atomic E-state index is 0.253. The zero-order chi connectivity index (χ0) is 8.88. The minimum atomic E-state index is -0.253. The van der Waals surface area contributed by atoms with Crippen LogP contribution < -0.4 is 10.9 Å². The summed E-state index contributed by atoms with van der Waals surface area (Å²) in [5, 5.41) is 0. The summed E-state index contributed by atoms with van der Waals surface area (Å²) in [6, 6.07) is 0. The summed E-state index contributed by atoms with van der Waals surface area (Å²) in [6.45, 7) is 4.05. The number of hydrogen-bond acceptors (Lipinski definition) is 2. The molecule has 0 atom stereocenters. The first-order chi connectivity index (χ1) is 5.61. The van der Waals surface area contributed by atoms with E-state index in [4.69, 9.17) is 0 Å². The Morgan fingerprint density at radius 3 is 1.50 bits per heavy atom. The molecule has 0 radical (unpaired) electrons. The molecule has 62 valence electrons. The fraction of sp³-hybridized carbons (Fsp3) is 0.400. The zero-order valence-electron chi connectivity index (χ0n) is 7.23. The molecule has 1 aliphatic carbocycles. The topological polar surface area (TPSA) is 34.1 Å². The third-order valence-corrected chi connectivity index (χ3v) is 2.73. The summed E-state index contributed by atoms with van der Waals surface area (Å²) < 4.78 is 0. The van der Waals surface area contributed by atoms with Crippen molar-refractivity contribution in [3.63, 3.8) is 0 Å². The monoisotopic (exact) mass is 162 g/mol. The van der Waals surface area contributed by atoms with Crippen LogP contribution >= 0.6 is 0 Å². The van der Waals surface area contributed by atoms with Crippen molar-refractivity contribution in [2.24, 2.45) is 0 Å². The van der Waals surface area contributed by atoms with Crippen LogP contribution in [0.4, 0.5) is 0 Å². The average molecular weight is 162 g/mol. The van der Waals surface area contributed by atoms with E-state index in [2.05, 4.69) is 0 Å². The maximum atomic E-state index is 11.0. The van der Waals surface area contributed by atoms with Gasteiger partial charge in [-0.25, -0.2) is 0 Å². The Morgan fingerprint density at radius 2 is 1.17 bits per heavy atom. The highest BCUT2D eigenvalue weighted by Gasteiger charge is 2.24. The van der Waals surface area contributed by atoms with Crippen LogP contribution in [0.5, 0.6) is 0 Å². The molecular formula is C10H10O2. The summed E-state index contributed by atoms with van der Waals surface area (Å²) in [6.07, 6.45) is 1.40. The van der Waals surface area contributed by atoms with E-state index in [9.17, 15) is 9.59 Å². The molecule has 0 bridgehead atoms. The van der Waals surface area contributed by atoms with Gasteiger partial charge in [-0.1, -0.05) is 11.1 Å². The molecular weight excluding hydrogens is 152 g/mol. The summed E-state index contributed by atoms with van der Waals surface area (Å²) in [5.41, 5.74) is 3.52. The smallest absolute Gasteiger partial charge is 0.229 e. The van der Waals surface area contributed by atoms with E-state index >= 15 is 0 Å². The minimum Gasteiger partial charge on any atom is -0.285 e. The lowest BCUT2D eigenvalue weighted by atomic mass is 9.83. The first kappa shape index (κ1) is 7.47. The molecule has 2 nitrogen and oxygen atoms in total. The van der Waals surface area contributed by atoms with Gasteiger partial charge in [-0.15, -0.1) is 0 Å². The first-order valence-electron chi connectivity index (χ1n) is 4.07. The predicted molar refractivity (Wildman–Crippen MR) is 47.1 cm³/mol. The third-order valence-electron chi connectivity index (χ3n) is 2.73. The Labute approximate surface area is 70.2 Å². The second-order valence-corrected chi connectivity index (χ2v) is 3.53. The summed E-state index contributed by atoms with van der Waals surface area (Å²) >= 11 is 0. The molecule has 0 spiro atoms. The first-order valence-corrected chi connectivity index (χ1v) is 4.07. The molecule has 2 rings (SSSR count). The van der Waals surface area contributed by atoms with E-state index in [1.165, 1.54) is 11.1 Å². The lowest BCUT2D eigenvalue weighted by molar-refractivity contribution is 0.901. The standard InChI is InChI=1S/C10H10O2/c1-5-3-7-8(4-6(5)2)10(12)9(7)11/h3-4H2,1-2H3. The summed E-state index contributed by atoms with van der Waals surface area (Å²) in [5.74, 6) is 0. The number of fused-ring (bicyclic) bond motifs is 1. The highest BCUT2D eigenvalue weighted by atomic mass is 16.2. The van der Waals surface area contributed by atoms with Crippen LogP contribution in [0, 0.1) is 0 Å². The van der Waals surface area contributed by atoms with Gasteiger partial charge in [0.1, 0.15) is 0 Å². The fourth-order valence-corrected chi connectivity index (χ4v) is 1.69. The molecule has 12 heavy (non-hydrogen) atoms. The van der Waals surface area contributed by atoms with Crippen molar-refractivity contribution >= 4 is 0 Å². The summed E-state index contributed by atoms with van der Waals surface area (Å²) in [7, 11) is 0. The van der Waals surface area contributed by atoms with Gasteiger partial charge in [0, 0.05) is 11.1 Å². The van der Waals surface area contributed by atoms with Crippen LogP contribution in [0.3, 0.4) is 0 Å². The van der Waals surface area contributed by atoms with Crippen LogP contribution in [0.25, 0.3) is 0 Å². The molecule has 0 amide bonds. The fourth-order valence-electron chi connectivity index (χ4n) is 1.69. The van der Waals surface area contributed by atoms with Crippen molar-refractivity contribution in [3.05, 3.63) is 42.7 Å². The molecule has 2 heteroatoms. The Kier molecular flexibility index (Phi) is 1.34. The number of hydrogen-bond donors (Lipinski definition) is 0. The van der Waals surface area contributed by atoms with Gasteiger partial charge in [0.2, 0.25) is 10.9 Å². The second-order valence-electron chi connectivity index (χ2n) is 3.53. The van der Waals surface area contributed by atoms with Crippen molar-refractivity contribution in [2.75, 3.05) is 0 Å². The van der Waals surface area contributed by atoms with Crippen LogP contribution in [-0.2, 0) is 12.8 Å². The SMILES string of the molecule is CC1=C(C)Cc2c(c(=O)c2=O)C1. The summed E-state index contributed by atoms with van der Waals surface area (Å²) in [4.78, 5) is 22.0. The van der Waals surface area contributed by atoms with Crippen LogP contribution in [0.1, 0.15) is 25.0 Å². The molecule has 0 unspecified atom stereocenters. The van der Waals surface area contributed by atoms with E-state index < -0.39 is 0 Å². The number of rotatable bonds is 0. The van der Waals surface area contributed by atoms with E-state index in [0.717, 1.165) is 11.1 Å². The Bertz CT molecular complexity index is 401. The Morgan fingerprint density at radius 1 is 0.833 bits per heavy atom. The second kappa shape index (κ2) is 2.16. The molecule has 1 aromatic rings. The van der Waals surface area contributed by atoms with Crippen molar-refractivity contribution in [1.29, 1.82) is 0 Å². The highest BCUT2D eigenvalue weighted by molar-refractivity contribution is 5.43. The lowest BCUT2D eigenvalue weighted by Gasteiger charge is -2.19. The van der Waals surface area contributed by atoms with Gasteiger partial charge in [0.15, 0.2) is 0 Å². The van der Waals surface area contributed by atoms with Crippen LogP contribution in [-0.4, -0.2) is 0 Å². The molecule has 0 aromatic heterocycles. The molecule has 0 saturated heterocycles. The maximum Gasteiger partial charge on any atom is 0.229 e. The average Bonchev–Trinajstić information content (AvgIpc) is 2.08. The lowest BCUT2D eigenvalue weighted by Crippen LogP contribution is -2.41. The normalized spacial score (nSPS) is 16.8. The van der Waals surface area contributed by atoms with E-state index in [1.54, 1.807) is 0 Å². The number of allylic oxidation sites excluding steroid dienone is 2. The third kappa shape index (κ3) is 0.750. The molecule has 1 aliphatic rings. The van der Waals surface area contributed by atoms with Gasteiger partial charge in [-0.05, 0) is 26.7 Å². The van der Waals surface area contributed by atoms with Crippen molar-refractivity contribution in [2.45, 2.75) is 26.7 Å². The largest absolute Gasteiger partial charge is 0.285 e. The zero-order valence-corrected chi connectivity index (χ0v) is 7.23. The molecule has 0 fully saturated rings. The van der Waals surface area contributed by atoms with Crippen molar-refractivity contribution in [3.8, 4) is 0 Å². The van der Waals surface area contributed by atoms with Crippen LogP contribution in [0.2, 0.25) is 0 Å². The molecule has 0 saturated carbocycles. The Balaban J connectivity index is 2.53. The quantitative estimate of drug-likeness (QED) is 0.416. The van der Waals surface area contributed by atoms with Gasteiger partial charge in [0.25, 0.3) is 0 Å². The van der Waals surface area contributed by atoms with Gasteiger partial charge >= 0.3 is 0 Å². The Hall–Kier alpha value is -1.18. The highest BCUT2D eigenvalue weighted by Crippen LogP contribution is 2.21. The molecule has 1 aromatic carbocycles. The van der Waals surface area contributed by atoms with Crippen molar-refractivity contribution < 1.29 is 0 Å². The molecule has 0 heterocycles. The van der Waals surface area contributed by atoms with E-state index in [-0.39, 0.29) is 10.9 Å². The molecule has 0 N–H and O–H groups in total. The van der Waals surface area contributed by atoms with Gasteiger partial charge < -0.3 is 0 Å². The van der Waals surface area contributed by atoms with Gasteiger partial charge in [-0.2, -0.15) is 0 Å². The van der Waals surface area contributed by atoms with E-state index in [0.29, 0.717) is 12.8 Å². The maximum absolute atomic E-state index is 11.0. The van der Waals surface area contributed by atoms with Gasteiger partial charge in [0.05, 0.1) is 0 Å². The van der Waals surface area contributed by atoms with Crippen molar-refractivity contribution in [1.82, 2.24) is 0 Å².